The van der Waals surface area contributed by atoms with E-state index in [2.05, 4.69) is 25.5 Å². The molecule has 152 valence electrons. The zero-order chi connectivity index (χ0) is 20.4. The molecule has 1 aliphatic heterocycles. The first-order valence-corrected chi connectivity index (χ1v) is 10.6. The molecule has 11 heteroatoms. The normalized spacial score (nSPS) is 15.4. The minimum atomic E-state index is -3.57. The molecule has 1 N–H and O–H groups in total. The molecule has 0 saturated carbocycles. The number of aromatic nitrogens is 5. The van der Waals surface area contributed by atoms with Gasteiger partial charge in [0.2, 0.25) is 0 Å². The number of anilines is 3. The molecule has 1 saturated heterocycles. The SMILES string of the molecule is Cc1ccc(Nc2ccc(N3CCN(S(=O)(=O)c4cn(C)cn4)CC3)nn2)nc1. The van der Waals surface area contributed by atoms with E-state index in [4.69, 9.17) is 0 Å². The van der Waals surface area contributed by atoms with Crippen LogP contribution < -0.4 is 10.2 Å². The topological polar surface area (TPSA) is 109 Å². The summed E-state index contributed by atoms with van der Waals surface area (Å²) >= 11 is 0. The van der Waals surface area contributed by atoms with E-state index in [9.17, 15) is 8.42 Å². The Labute approximate surface area is 169 Å². The Hall–Kier alpha value is -3.05. The second kappa shape index (κ2) is 7.76. The maximum absolute atomic E-state index is 12.7. The van der Waals surface area contributed by atoms with E-state index in [1.54, 1.807) is 17.8 Å². The van der Waals surface area contributed by atoms with Gasteiger partial charge in [0.05, 0.1) is 6.33 Å². The Morgan fingerprint density at radius 1 is 0.966 bits per heavy atom. The number of nitrogens with zero attached hydrogens (tertiary/aromatic N) is 7. The number of aryl methyl sites for hydroxylation is 2. The molecule has 3 aromatic heterocycles. The molecular weight excluding hydrogens is 392 g/mol. The van der Waals surface area contributed by atoms with Crippen LogP contribution in [0.1, 0.15) is 5.56 Å². The zero-order valence-electron chi connectivity index (χ0n) is 16.2. The molecule has 4 heterocycles. The van der Waals surface area contributed by atoms with E-state index < -0.39 is 10.0 Å². The fourth-order valence-corrected chi connectivity index (χ4v) is 4.43. The van der Waals surface area contributed by atoms with Crippen molar-refractivity contribution in [3.63, 3.8) is 0 Å². The first-order chi connectivity index (χ1) is 13.9. The molecule has 1 fully saturated rings. The van der Waals surface area contributed by atoms with Crippen molar-refractivity contribution in [1.29, 1.82) is 0 Å². The average Bonchev–Trinajstić information content (AvgIpc) is 3.18. The minimum Gasteiger partial charge on any atom is -0.352 e. The van der Waals surface area contributed by atoms with Gasteiger partial charge in [0, 0.05) is 45.6 Å². The molecule has 0 radical (unpaired) electrons. The largest absolute Gasteiger partial charge is 0.352 e. The first kappa shape index (κ1) is 19.3. The van der Waals surface area contributed by atoms with Crippen molar-refractivity contribution in [3.8, 4) is 0 Å². The Morgan fingerprint density at radius 2 is 1.72 bits per heavy atom. The molecule has 0 unspecified atom stereocenters. The predicted molar refractivity (Wildman–Crippen MR) is 108 cm³/mol. The molecule has 0 aromatic carbocycles. The number of hydrogen-bond acceptors (Lipinski definition) is 8. The summed E-state index contributed by atoms with van der Waals surface area (Å²) in [6.45, 7) is 3.79. The van der Waals surface area contributed by atoms with Crippen LogP contribution in [0.3, 0.4) is 0 Å². The summed E-state index contributed by atoms with van der Waals surface area (Å²) in [7, 11) is -1.82. The summed E-state index contributed by atoms with van der Waals surface area (Å²) in [5.41, 5.74) is 1.08. The van der Waals surface area contributed by atoms with E-state index in [0.29, 0.717) is 43.6 Å². The van der Waals surface area contributed by atoms with E-state index >= 15 is 0 Å². The van der Waals surface area contributed by atoms with Crippen molar-refractivity contribution in [2.24, 2.45) is 7.05 Å². The van der Waals surface area contributed by atoms with Crippen LogP contribution in [0.15, 0.2) is 48.0 Å². The number of sulfonamides is 1. The fourth-order valence-electron chi connectivity index (χ4n) is 3.05. The summed E-state index contributed by atoms with van der Waals surface area (Å²) in [5, 5.41) is 11.7. The van der Waals surface area contributed by atoms with Crippen LogP contribution in [0.25, 0.3) is 0 Å². The second-order valence-electron chi connectivity index (χ2n) is 6.89. The van der Waals surface area contributed by atoms with Gasteiger partial charge in [-0.25, -0.2) is 18.4 Å². The van der Waals surface area contributed by atoms with Gasteiger partial charge in [0.25, 0.3) is 10.0 Å². The molecule has 29 heavy (non-hydrogen) atoms. The molecule has 1 aliphatic rings. The lowest BCUT2D eigenvalue weighted by Gasteiger charge is -2.33. The Balaban J connectivity index is 1.38. The highest BCUT2D eigenvalue weighted by Gasteiger charge is 2.30. The number of hydrogen-bond donors (Lipinski definition) is 1. The molecule has 0 bridgehead atoms. The van der Waals surface area contributed by atoms with Gasteiger partial charge >= 0.3 is 0 Å². The Bertz CT molecular complexity index is 1070. The van der Waals surface area contributed by atoms with Crippen LogP contribution >= 0.6 is 0 Å². The van der Waals surface area contributed by atoms with Crippen LogP contribution in [0.4, 0.5) is 17.5 Å². The van der Waals surface area contributed by atoms with Crippen molar-refractivity contribution in [2.45, 2.75) is 11.9 Å². The average molecular weight is 414 g/mol. The van der Waals surface area contributed by atoms with E-state index in [0.717, 1.165) is 5.56 Å². The van der Waals surface area contributed by atoms with E-state index in [-0.39, 0.29) is 5.03 Å². The van der Waals surface area contributed by atoms with Crippen molar-refractivity contribution in [2.75, 3.05) is 36.4 Å². The fraction of sp³-hybridized carbons (Fsp3) is 0.333. The van der Waals surface area contributed by atoms with Crippen molar-refractivity contribution in [3.05, 3.63) is 48.5 Å². The molecule has 0 amide bonds. The third kappa shape index (κ3) is 4.20. The van der Waals surface area contributed by atoms with Gasteiger partial charge in [-0.05, 0) is 30.7 Å². The van der Waals surface area contributed by atoms with Gasteiger partial charge in [-0.2, -0.15) is 4.31 Å². The number of nitrogens with one attached hydrogen (secondary N) is 1. The third-order valence-electron chi connectivity index (χ3n) is 4.67. The highest BCUT2D eigenvalue weighted by atomic mass is 32.2. The smallest absolute Gasteiger partial charge is 0.262 e. The van der Waals surface area contributed by atoms with Crippen molar-refractivity contribution < 1.29 is 8.42 Å². The second-order valence-corrected chi connectivity index (χ2v) is 8.78. The summed E-state index contributed by atoms with van der Waals surface area (Å²) in [6, 6.07) is 7.55. The van der Waals surface area contributed by atoms with Crippen molar-refractivity contribution >= 4 is 27.5 Å². The third-order valence-corrected chi connectivity index (χ3v) is 6.45. The quantitative estimate of drug-likeness (QED) is 0.663. The lowest BCUT2D eigenvalue weighted by Crippen LogP contribution is -2.49. The molecule has 10 nitrogen and oxygen atoms in total. The number of pyridine rings is 1. The van der Waals surface area contributed by atoms with Crippen LogP contribution in [-0.4, -0.2) is 63.6 Å². The molecule has 0 aliphatic carbocycles. The van der Waals surface area contributed by atoms with Gasteiger partial charge in [-0.1, -0.05) is 6.07 Å². The molecule has 0 spiro atoms. The monoisotopic (exact) mass is 414 g/mol. The summed E-state index contributed by atoms with van der Waals surface area (Å²) in [6.07, 6.45) is 4.78. The maximum Gasteiger partial charge on any atom is 0.262 e. The van der Waals surface area contributed by atoms with Gasteiger partial charge in [0.1, 0.15) is 5.82 Å². The Morgan fingerprint density at radius 3 is 2.31 bits per heavy atom. The molecule has 0 atom stereocenters. The summed E-state index contributed by atoms with van der Waals surface area (Å²) in [5.74, 6) is 2.01. The number of piperazine rings is 1. The molecular formula is C18H22N8O2S. The van der Waals surface area contributed by atoms with Crippen LogP contribution in [-0.2, 0) is 17.1 Å². The van der Waals surface area contributed by atoms with Crippen LogP contribution in [0.2, 0.25) is 0 Å². The lowest BCUT2D eigenvalue weighted by molar-refractivity contribution is 0.382. The van der Waals surface area contributed by atoms with E-state index in [1.807, 2.05) is 36.1 Å². The standard InChI is InChI=1S/C18H22N8O2S/c1-14-3-4-15(19-11-14)21-16-5-6-17(23-22-16)25-7-9-26(10-8-25)29(27,28)18-12-24(2)13-20-18/h3-6,11-13H,7-10H2,1-2H3,(H,19,21,22). The molecule has 3 aromatic rings. The van der Waals surface area contributed by atoms with Gasteiger partial charge < -0.3 is 14.8 Å². The van der Waals surface area contributed by atoms with Crippen LogP contribution in [0.5, 0.6) is 0 Å². The molecule has 4 rings (SSSR count). The van der Waals surface area contributed by atoms with Gasteiger partial charge in [-0.3, -0.25) is 0 Å². The zero-order valence-corrected chi connectivity index (χ0v) is 17.0. The number of imidazole rings is 1. The maximum atomic E-state index is 12.7. The Kier molecular flexibility index (Phi) is 5.16. The number of rotatable bonds is 5. The summed E-state index contributed by atoms with van der Waals surface area (Å²) in [4.78, 5) is 10.3. The highest BCUT2D eigenvalue weighted by Crippen LogP contribution is 2.20. The minimum absolute atomic E-state index is 0.0772. The lowest BCUT2D eigenvalue weighted by atomic mass is 10.3. The van der Waals surface area contributed by atoms with E-state index in [1.165, 1.54) is 16.8 Å². The summed E-state index contributed by atoms with van der Waals surface area (Å²) < 4.78 is 28.4. The van der Waals surface area contributed by atoms with Crippen molar-refractivity contribution in [1.82, 2.24) is 29.0 Å². The first-order valence-electron chi connectivity index (χ1n) is 9.18. The van der Waals surface area contributed by atoms with Gasteiger partial charge in [0.15, 0.2) is 16.7 Å². The van der Waals surface area contributed by atoms with Crippen LogP contribution in [0, 0.1) is 6.92 Å². The highest BCUT2D eigenvalue weighted by molar-refractivity contribution is 7.89. The predicted octanol–water partition coefficient (Wildman–Crippen LogP) is 1.17. The van der Waals surface area contributed by atoms with Gasteiger partial charge in [-0.15, -0.1) is 10.2 Å².